The number of ether oxygens (including phenoxy) is 1. The van der Waals surface area contributed by atoms with Crippen LogP contribution in [0.1, 0.15) is 41.2 Å². The van der Waals surface area contributed by atoms with Gasteiger partial charge in [-0.15, -0.1) is 0 Å². The van der Waals surface area contributed by atoms with Crippen LogP contribution in [0, 0.1) is 5.41 Å². The van der Waals surface area contributed by atoms with Gasteiger partial charge < -0.3 is 25.8 Å². The first-order chi connectivity index (χ1) is 24.2. The van der Waals surface area contributed by atoms with Gasteiger partial charge in [0.05, 0.1) is 6.04 Å². The molecule has 0 heterocycles. The first kappa shape index (κ1) is 35.3. The van der Waals surface area contributed by atoms with Gasteiger partial charge in [0.1, 0.15) is 24.2 Å². The Kier molecular flexibility index (Phi) is 12.3. The lowest BCUT2D eigenvalue weighted by molar-refractivity contribution is -0.129. The van der Waals surface area contributed by atoms with Crippen LogP contribution in [0.4, 0.5) is 4.79 Å². The van der Waals surface area contributed by atoms with Crippen molar-refractivity contribution in [3.8, 4) is 5.75 Å². The number of amides is 3. The van der Waals surface area contributed by atoms with Crippen LogP contribution < -0.4 is 21.3 Å². The molecule has 0 unspecified atom stereocenters. The summed E-state index contributed by atoms with van der Waals surface area (Å²) < 4.78 is 5.18. The van der Waals surface area contributed by atoms with Crippen LogP contribution in [0.15, 0.2) is 121 Å². The predicted molar refractivity (Wildman–Crippen MR) is 193 cm³/mol. The Labute approximate surface area is 291 Å². The number of carbonyl (C=O) groups excluding carboxylic acids is 3. The molecular formula is C40H41N5O5. The van der Waals surface area contributed by atoms with Crippen LogP contribution in [-0.2, 0) is 40.4 Å². The largest absolute Gasteiger partial charge is 0.508 e. The second-order valence-electron chi connectivity index (χ2n) is 12.0. The van der Waals surface area contributed by atoms with E-state index in [4.69, 9.17) is 10.1 Å². The van der Waals surface area contributed by atoms with E-state index in [2.05, 4.69) is 21.3 Å². The van der Waals surface area contributed by atoms with Crippen LogP contribution in [-0.4, -0.2) is 40.9 Å². The Balaban J connectivity index is 1.11. The van der Waals surface area contributed by atoms with E-state index in [1.54, 1.807) is 43.3 Å². The second-order valence-corrected chi connectivity index (χ2v) is 12.0. The van der Waals surface area contributed by atoms with E-state index in [1.165, 1.54) is 0 Å². The van der Waals surface area contributed by atoms with E-state index >= 15 is 0 Å². The normalized spacial score (nSPS) is 12.0. The monoisotopic (exact) mass is 671 g/mol. The summed E-state index contributed by atoms with van der Waals surface area (Å²) in [5.74, 6) is -0.502. The van der Waals surface area contributed by atoms with Crippen molar-refractivity contribution in [2.75, 3.05) is 0 Å². The van der Waals surface area contributed by atoms with Crippen molar-refractivity contribution in [1.82, 2.24) is 21.3 Å². The van der Waals surface area contributed by atoms with Gasteiger partial charge in [-0.25, -0.2) is 4.79 Å². The number of aryl methyl sites for hydroxylation is 1. The molecule has 0 aliphatic heterocycles. The zero-order valence-electron chi connectivity index (χ0n) is 27.8. The average Bonchev–Trinajstić information content (AvgIpc) is 3.13. The maximum absolute atomic E-state index is 13.5. The minimum atomic E-state index is -0.782. The highest BCUT2D eigenvalue weighted by atomic mass is 16.5. The average molecular weight is 672 g/mol. The summed E-state index contributed by atoms with van der Waals surface area (Å²) in [6, 6.07) is 35.9. The highest BCUT2D eigenvalue weighted by molar-refractivity contribution is 6.04. The van der Waals surface area contributed by atoms with Crippen molar-refractivity contribution in [2.24, 2.45) is 0 Å². The lowest BCUT2D eigenvalue weighted by atomic mass is 10.0. The van der Waals surface area contributed by atoms with E-state index in [9.17, 15) is 19.5 Å². The molecule has 5 aromatic carbocycles. The number of nitrogens with one attached hydrogen (secondary N) is 5. The third kappa shape index (κ3) is 10.5. The maximum atomic E-state index is 13.5. The fraction of sp³-hybridized carbons (Fsp3) is 0.200. The van der Waals surface area contributed by atoms with Gasteiger partial charge in [0.15, 0.2) is 0 Å². The van der Waals surface area contributed by atoms with E-state index in [0.29, 0.717) is 24.9 Å². The molecule has 5 rings (SSSR count). The Bertz CT molecular complexity index is 1920. The number of aromatic hydroxyl groups is 1. The van der Waals surface area contributed by atoms with E-state index < -0.39 is 18.2 Å². The number of phenolic OH excluding ortho intramolecular Hbond substituents is 1. The standard InChI is InChI=1S/C40H41N5O5/c1-27(38(47)43-24-29-12-16-32(17-13-29)37(41)45-40(49)50-26-30-10-6-3-7-11-30)44-39(48)36(21-15-28-8-4-2-5-9-28)42-25-31-14-18-34-23-35(46)20-19-33(34)22-31/h2-14,16-20,22-23,27,36,42,46H,15,21,24-26H2,1H3,(H,43,47)(H,44,48)(H2,41,45,49)/t27-,36+/m0/s1. The third-order valence-electron chi connectivity index (χ3n) is 8.22. The summed E-state index contributed by atoms with van der Waals surface area (Å²) in [7, 11) is 0. The second kappa shape index (κ2) is 17.4. The molecule has 6 N–H and O–H groups in total. The lowest BCUT2D eigenvalue weighted by Gasteiger charge is -2.22. The number of hydrogen-bond acceptors (Lipinski definition) is 7. The number of amidine groups is 1. The Morgan fingerprint density at radius 2 is 1.36 bits per heavy atom. The third-order valence-corrected chi connectivity index (χ3v) is 8.22. The molecule has 0 aliphatic rings. The molecule has 3 amide bonds. The van der Waals surface area contributed by atoms with Gasteiger partial charge in [-0.2, -0.15) is 0 Å². The molecule has 5 aromatic rings. The van der Waals surface area contributed by atoms with Crippen LogP contribution >= 0.6 is 0 Å². The summed E-state index contributed by atoms with van der Waals surface area (Å²) in [4.78, 5) is 38.6. The lowest BCUT2D eigenvalue weighted by Crippen LogP contribution is -2.51. The molecule has 10 nitrogen and oxygen atoms in total. The highest BCUT2D eigenvalue weighted by Gasteiger charge is 2.23. The number of carbonyl (C=O) groups is 3. The van der Waals surface area contributed by atoms with Crippen LogP contribution in [0.2, 0.25) is 0 Å². The van der Waals surface area contributed by atoms with Gasteiger partial charge >= 0.3 is 6.09 Å². The summed E-state index contributed by atoms with van der Waals surface area (Å²) in [5, 5.41) is 31.4. The molecule has 50 heavy (non-hydrogen) atoms. The summed E-state index contributed by atoms with van der Waals surface area (Å²) >= 11 is 0. The Morgan fingerprint density at radius 3 is 2.08 bits per heavy atom. The molecule has 10 heteroatoms. The molecule has 0 aromatic heterocycles. The Hall–Kier alpha value is -6.00. The number of fused-ring (bicyclic) bond motifs is 1. The van der Waals surface area contributed by atoms with Gasteiger partial charge in [0.2, 0.25) is 11.8 Å². The SMILES string of the molecule is C[C@H](NC(=O)[C@@H](CCc1ccccc1)NCc1ccc2cc(O)ccc2c1)C(=O)NCc1ccc(C(=N)NC(=O)OCc2ccccc2)cc1. The summed E-state index contributed by atoms with van der Waals surface area (Å²) in [5.41, 5.74) is 4.21. The zero-order valence-corrected chi connectivity index (χ0v) is 27.8. The van der Waals surface area contributed by atoms with Gasteiger partial charge in [-0.3, -0.25) is 20.3 Å². The number of phenols is 1. The minimum absolute atomic E-state index is 0.0982. The quantitative estimate of drug-likeness (QED) is 0.0657. The van der Waals surface area contributed by atoms with Crippen molar-refractivity contribution in [3.63, 3.8) is 0 Å². The number of alkyl carbamates (subject to hydrolysis) is 1. The summed E-state index contributed by atoms with van der Waals surface area (Å²) in [6.45, 7) is 2.41. The van der Waals surface area contributed by atoms with Crippen LogP contribution in [0.25, 0.3) is 10.8 Å². The zero-order chi connectivity index (χ0) is 35.3. The number of hydrogen-bond donors (Lipinski definition) is 6. The molecular weight excluding hydrogens is 630 g/mol. The number of rotatable bonds is 14. The molecule has 256 valence electrons. The van der Waals surface area contributed by atoms with E-state index in [-0.39, 0.29) is 36.6 Å². The predicted octanol–water partition coefficient (Wildman–Crippen LogP) is 5.71. The molecule has 0 saturated carbocycles. The number of benzene rings is 5. The van der Waals surface area contributed by atoms with Gasteiger partial charge in [0.25, 0.3) is 0 Å². The Morgan fingerprint density at radius 1 is 0.720 bits per heavy atom. The van der Waals surface area contributed by atoms with Crippen molar-refractivity contribution in [1.29, 1.82) is 5.41 Å². The minimum Gasteiger partial charge on any atom is -0.508 e. The van der Waals surface area contributed by atoms with E-state index in [1.807, 2.05) is 84.9 Å². The molecule has 0 fully saturated rings. The van der Waals surface area contributed by atoms with Gasteiger partial charge in [0, 0.05) is 18.7 Å². The topological polar surface area (TPSA) is 153 Å². The van der Waals surface area contributed by atoms with Crippen molar-refractivity contribution in [2.45, 2.75) is 51.5 Å². The molecule has 0 bridgehead atoms. The van der Waals surface area contributed by atoms with E-state index in [0.717, 1.165) is 33.0 Å². The smallest absolute Gasteiger partial charge is 0.413 e. The van der Waals surface area contributed by atoms with Crippen LogP contribution in [0.3, 0.4) is 0 Å². The molecule has 0 spiro atoms. The fourth-order valence-electron chi connectivity index (χ4n) is 5.36. The maximum Gasteiger partial charge on any atom is 0.413 e. The first-order valence-corrected chi connectivity index (χ1v) is 16.5. The van der Waals surface area contributed by atoms with Crippen molar-refractivity contribution < 1.29 is 24.2 Å². The molecule has 0 aliphatic carbocycles. The summed E-state index contributed by atoms with van der Waals surface area (Å²) in [6.07, 6.45) is 0.493. The van der Waals surface area contributed by atoms with Gasteiger partial charge in [-0.1, -0.05) is 103 Å². The molecule has 0 saturated heterocycles. The molecule has 0 radical (unpaired) electrons. The first-order valence-electron chi connectivity index (χ1n) is 16.5. The molecule has 2 atom stereocenters. The van der Waals surface area contributed by atoms with Gasteiger partial charge in [-0.05, 0) is 71.0 Å². The van der Waals surface area contributed by atoms with Crippen molar-refractivity contribution in [3.05, 3.63) is 149 Å². The van der Waals surface area contributed by atoms with Crippen molar-refractivity contribution >= 4 is 34.5 Å². The highest BCUT2D eigenvalue weighted by Crippen LogP contribution is 2.21. The van der Waals surface area contributed by atoms with Crippen LogP contribution in [0.5, 0.6) is 5.75 Å². The fourth-order valence-corrected chi connectivity index (χ4v) is 5.36.